The largest absolute Gasteiger partial charge is 0.371 e. The molecule has 2 heterocycles. The minimum atomic E-state index is -3.32. The number of rotatable bonds is 6. The first kappa shape index (κ1) is 18.3. The molecule has 1 amide bonds. The Morgan fingerprint density at radius 1 is 1.40 bits per heavy atom. The second-order valence-corrected chi connectivity index (χ2v) is 9.23. The van der Waals surface area contributed by atoms with Crippen LogP contribution in [0.1, 0.15) is 41.1 Å². The Labute approximate surface area is 151 Å². The van der Waals surface area contributed by atoms with Gasteiger partial charge in [0.05, 0.1) is 23.3 Å². The summed E-state index contributed by atoms with van der Waals surface area (Å²) >= 11 is 1.33. The molecule has 25 heavy (non-hydrogen) atoms. The van der Waals surface area contributed by atoms with Crippen molar-refractivity contribution in [3.8, 4) is 0 Å². The average molecular weight is 383 g/mol. The molecule has 1 aliphatic heterocycles. The van der Waals surface area contributed by atoms with Crippen molar-refractivity contribution in [2.75, 3.05) is 25.4 Å². The number of nitrogens with zero attached hydrogens (tertiary/aromatic N) is 1. The molecular weight excluding hydrogens is 360 g/mol. The Bertz CT molecular complexity index is 876. The van der Waals surface area contributed by atoms with Gasteiger partial charge in [-0.3, -0.25) is 4.79 Å². The lowest BCUT2D eigenvalue weighted by Crippen LogP contribution is -2.43. The third kappa shape index (κ3) is 3.72. The quantitative estimate of drug-likeness (QED) is 0.831. The summed E-state index contributed by atoms with van der Waals surface area (Å²) in [7, 11) is -3.32. The van der Waals surface area contributed by atoms with E-state index in [9.17, 15) is 13.2 Å². The number of hydrogen-bond donors (Lipinski definition) is 1. The van der Waals surface area contributed by atoms with Crippen LogP contribution in [0.4, 0.5) is 0 Å². The number of benzene rings is 1. The number of primary amides is 1. The lowest BCUT2D eigenvalue weighted by molar-refractivity contribution is -0.00188. The molecule has 0 unspecified atom stereocenters. The fourth-order valence-electron chi connectivity index (χ4n) is 3.08. The third-order valence-corrected chi connectivity index (χ3v) is 7.48. The predicted octanol–water partition coefficient (Wildman–Crippen LogP) is 2.50. The minimum Gasteiger partial charge on any atom is -0.371 e. The van der Waals surface area contributed by atoms with E-state index in [-0.39, 0.29) is 12.3 Å². The Hall–Kier alpha value is -1.48. The van der Waals surface area contributed by atoms with Crippen molar-refractivity contribution >= 4 is 37.4 Å². The van der Waals surface area contributed by atoms with Crippen LogP contribution in [0, 0.1) is 0 Å². The zero-order valence-corrected chi connectivity index (χ0v) is 15.7. The van der Waals surface area contributed by atoms with Gasteiger partial charge in [0, 0.05) is 23.4 Å². The fourth-order valence-corrected chi connectivity index (χ4v) is 5.81. The highest BCUT2D eigenvalue weighted by atomic mass is 32.2. The number of sulfonamides is 1. The molecule has 1 atom stereocenters. The fraction of sp³-hybridized carbons (Fsp3) is 0.471. The number of unbranched alkanes of at least 4 members (excludes halogenated alkanes) is 1. The van der Waals surface area contributed by atoms with Crippen LogP contribution in [0.3, 0.4) is 0 Å². The van der Waals surface area contributed by atoms with Crippen molar-refractivity contribution in [3.05, 3.63) is 34.7 Å². The molecule has 136 valence electrons. The van der Waals surface area contributed by atoms with Crippen molar-refractivity contribution in [2.45, 2.75) is 25.9 Å². The Kier molecular flexibility index (Phi) is 5.43. The number of morpholine rings is 1. The summed E-state index contributed by atoms with van der Waals surface area (Å²) in [6.45, 7) is 2.83. The van der Waals surface area contributed by atoms with Crippen LogP contribution in [0.25, 0.3) is 10.1 Å². The van der Waals surface area contributed by atoms with Gasteiger partial charge in [0.2, 0.25) is 10.0 Å². The normalized spacial score (nSPS) is 19.3. The molecule has 2 aromatic rings. The number of nitrogens with two attached hydrogens (primary N) is 1. The number of thiophene rings is 1. The lowest BCUT2D eigenvalue weighted by Gasteiger charge is -2.32. The monoisotopic (exact) mass is 382 g/mol. The molecule has 1 aromatic carbocycles. The van der Waals surface area contributed by atoms with Gasteiger partial charge >= 0.3 is 0 Å². The highest BCUT2D eigenvalue weighted by Gasteiger charge is 2.33. The molecule has 1 saturated heterocycles. The van der Waals surface area contributed by atoms with E-state index in [0.29, 0.717) is 30.0 Å². The van der Waals surface area contributed by atoms with Crippen molar-refractivity contribution < 1.29 is 17.9 Å². The van der Waals surface area contributed by atoms with E-state index >= 15 is 0 Å². The number of fused-ring (bicyclic) bond motifs is 1. The van der Waals surface area contributed by atoms with Crippen LogP contribution >= 0.6 is 11.3 Å². The number of amides is 1. The summed E-state index contributed by atoms with van der Waals surface area (Å²) < 4.78 is 33.3. The smallest absolute Gasteiger partial charge is 0.259 e. The van der Waals surface area contributed by atoms with Crippen LogP contribution in [-0.2, 0) is 14.8 Å². The highest BCUT2D eigenvalue weighted by molar-refractivity contribution is 7.89. The maximum Gasteiger partial charge on any atom is 0.259 e. The topological polar surface area (TPSA) is 89.7 Å². The third-order valence-electron chi connectivity index (χ3n) is 4.36. The average Bonchev–Trinajstić information content (AvgIpc) is 3.00. The van der Waals surface area contributed by atoms with E-state index in [1.807, 2.05) is 31.2 Å². The number of hydrogen-bond acceptors (Lipinski definition) is 5. The van der Waals surface area contributed by atoms with Gasteiger partial charge in [0.15, 0.2) is 0 Å². The first-order valence-electron chi connectivity index (χ1n) is 8.34. The summed E-state index contributed by atoms with van der Waals surface area (Å²) in [6.07, 6.45) is 0.982. The highest BCUT2D eigenvalue weighted by Crippen LogP contribution is 2.38. The van der Waals surface area contributed by atoms with Crippen LogP contribution in [-0.4, -0.2) is 44.1 Å². The van der Waals surface area contributed by atoms with Gasteiger partial charge < -0.3 is 10.5 Å². The van der Waals surface area contributed by atoms with Crippen molar-refractivity contribution in [1.82, 2.24) is 4.31 Å². The molecule has 3 rings (SSSR count). The maximum atomic E-state index is 12.5. The van der Waals surface area contributed by atoms with Gasteiger partial charge in [-0.1, -0.05) is 31.5 Å². The minimum absolute atomic E-state index is 0.142. The van der Waals surface area contributed by atoms with Crippen molar-refractivity contribution in [3.63, 3.8) is 0 Å². The van der Waals surface area contributed by atoms with Crippen molar-refractivity contribution in [2.24, 2.45) is 5.73 Å². The summed E-state index contributed by atoms with van der Waals surface area (Å²) in [4.78, 5) is 12.3. The molecule has 1 fully saturated rings. The van der Waals surface area contributed by atoms with Gasteiger partial charge in [-0.05, 0) is 17.9 Å². The van der Waals surface area contributed by atoms with E-state index in [0.717, 1.165) is 16.5 Å². The Balaban J connectivity index is 1.95. The zero-order valence-electron chi connectivity index (χ0n) is 14.1. The van der Waals surface area contributed by atoms with E-state index in [1.54, 1.807) is 0 Å². The SMILES string of the molecule is CCCCS(=O)(=O)N1CCO[C@H](c2c(C(N)=O)sc3ccccc23)C1. The van der Waals surface area contributed by atoms with Gasteiger partial charge in [-0.2, -0.15) is 4.31 Å². The summed E-state index contributed by atoms with van der Waals surface area (Å²) in [5.74, 6) is -0.366. The van der Waals surface area contributed by atoms with E-state index < -0.39 is 22.0 Å². The second kappa shape index (κ2) is 7.41. The molecular formula is C17H22N2O4S2. The van der Waals surface area contributed by atoms with Crippen LogP contribution in [0.15, 0.2) is 24.3 Å². The predicted molar refractivity (Wildman–Crippen MR) is 99.3 cm³/mol. The first-order chi connectivity index (χ1) is 11.9. The first-order valence-corrected chi connectivity index (χ1v) is 10.8. The van der Waals surface area contributed by atoms with Crippen LogP contribution in [0.5, 0.6) is 0 Å². The summed E-state index contributed by atoms with van der Waals surface area (Å²) in [6, 6.07) is 7.63. The number of carbonyl (C=O) groups excluding carboxylic acids is 1. The second-order valence-electron chi connectivity index (χ2n) is 6.09. The van der Waals surface area contributed by atoms with Crippen molar-refractivity contribution in [1.29, 1.82) is 0 Å². The molecule has 2 N–H and O–H groups in total. The van der Waals surface area contributed by atoms with Gasteiger partial charge in [0.25, 0.3) is 5.91 Å². The van der Waals surface area contributed by atoms with Gasteiger partial charge in [-0.15, -0.1) is 11.3 Å². The molecule has 6 nitrogen and oxygen atoms in total. The lowest BCUT2D eigenvalue weighted by atomic mass is 10.0. The molecule has 0 radical (unpaired) electrons. The Morgan fingerprint density at radius 2 is 2.16 bits per heavy atom. The molecule has 0 saturated carbocycles. The molecule has 0 aliphatic carbocycles. The zero-order chi connectivity index (χ0) is 18.0. The number of ether oxygens (including phenoxy) is 1. The molecule has 1 aliphatic rings. The van der Waals surface area contributed by atoms with E-state index in [2.05, 4.69) is 0 Å². The standard InChI is InChI=1S/C17H22N2O4S2/c1-2-3-10-25(21,22)19-8-9-23-13(11-19)15-12-6-4-5-7-14(12)24-16(15)17(18)20/h4-7,13H,2-3,8-11H2,1H3,(H2,18,20)/t13-/m0/s1. The van der Waals surface area contributed by atoms with E-state index in [4.69, 9.17) is 10.5 Å². The van der Waals surface area contributed by atoms with Crippen LogP contribution in [0.2, 0.25) is 0 Å². The van der Waals surface area contributed by atoms with Gasteiger partial charge in [0.1, 0.15) is 0 Å². The van der Waals surface area contributed by atoms with Crippen LogP contribution < -0.4 is 5.73 Å². The number of carbonyl (C=O) groups is 1. The van der Waals surface area contributed by atoms with Gasteiger partial charge in [-0.25, -0.2) is 8.42 Å². The molecule has 0 bridgehead atoms. The summed E-state index contributed by atoms with van der Waals surface area (Å²) in [5.41, 5.74) is 6.27. The molecule has 1 aromatic heterocycles. The molecule has 0 spiro atoms. The Morgan fingerprint density at radius 3 is 2.88 bits per heavy atom. The van der Waals surface area contributed by atoms with E-state index in [1.165, 1.54) is 15.6 Å². The summed E-state index contributed by atoms with van der Waals surface area (Å²) in [5, 5.41) is 0.902. The maximum absolute atomic E-state index is 12.5. The molecule has 8 heteroatoms.